The number of amidine groups is 1. The number of benzene rings is 1. The van der Waals surface area contributed by atoms with Crippen molar-refractivity contribution < 1.29 is 17.9 Å². The van der Waals surface area contributed by atoms with E-state index in [1.807, 2.05) is 6.92 Å². The lowest BCUT2D eigenvalue weighted by molar-refractivity contribution is -0.156. The smallest absolute Gasteiger partial charge is 0.422 e. The molecule has 3 nitrogen and oxygen atoms in total. The molecule has 0 radical (unpaired) electrons. The molecular weight excluding hydrogens is 221 g/mol. The van der Waals surface area contributed by atoms with E-state index in [-0.39, 0.29) is 0 Å². The molecule has 1 rings (SSSR count). The van der Waals surface area contributed by atoms with Crippen molar-refractivity contribution in [3.8, 4) is 0 Å². The number of halogens is 3. The molecule has 6 heteroatoms. The molecule has 0 amide bonds. The standard InChI is InChI=1S/C10H11F3N2O/c1-7-2-4-8(5-3-7)15-9(14)16-6-10(11,12)13/h2-5H,6H2,1H3,(H2,14,15). The van der Waals surface area contributed by atoms with Crippen LogP contribution in [0.2, 0.25) is 0 Å². The lowest BCUT2D eigenvalue weighted by Gasteiger charge is -2.07. The molecule has 16 heavy (non-hydrogen) atoms. The molecular formula is C10H11F3N2O. The van der Waals surface area contributed by atoms with Gasteiger partial charge in [-0.15, -0.1) is 0 Å². The number of nitrogens with two attached hydrogens (primary N) is 1. The maximum Gasteiger partial charge on any atom is 0.422 e. The highest BCUT2D eigenvalue weighted by Gasteiger charge is 2.28. The van der Waals surface area contributed by atoms with Crippen molar-refractivity contribution in [1.82, 2.24) is 0 Å². The van der Waals surface area contributed by atoms with Crippen LogP contribution in [0, 0.1) is 6.92 Å². The molecule has 88 valence electrons. The monoisotopic (exact) mass is 232 g/mol. The maximum absolute atomic E-state index is 11.8. The molecule has 0 aliphatic heterocycles. The first-order chi connectivity index (χ1) is 7.37. The maximum atomic E-state index is 11.8. The van der Waals surface area contributed by atoms with Crippen molar-refractivity contribution in [3.63, 3.8) is 0 Å². The zero-order chi connectivity index (χ0) is 12.2. The molecule has 0 fully saturated rings. The van der Waals surface area contributed by atoms with Gasteiger partial charge >= 0.3 is 6.18 Å². The van der Waals surface area contributed by atoms with Crippen molar-refractivity contribution >= 4 is 11.7 Å². The average molecular weight is 232 g/mol. The summed E-state index contributed by atoms with van der Waals surface area (Å²) < 4.78 is 39.6. The molecule has 1 aromatic rings. The van der Waals surface area contributed by atoms with Crippen molar-refractivity contribution in [1.29, 1.82) is 0 Å². The van der Waals surface area contributed by atoms with Crippen LogP contribution < -0.4 is 5.73 Å². The lowest BCUT2D eigenvalue weighted by atomic mass is 10.2. The summed E-state index contributed by atoms with van der Waals surface area (Å²) in [5, 5.41) is 0. The van der Waals surface area contributed by atoms with Crippen molar-refractivity contribution in [2.45, 2.75) is 13.1 Å². The highest BCUT2D eigenvalue weighted by molar-refractivity contribution is 5.75. The van der Waals surface area contributed by atoms with E-state index in [4.69, 9.17) is 5.73 Å². The molecule has 0 bridgehead atoms. The quantitative estimate of drug-likeness (QED) is 0.629. The summed E-state index contributed by atoms with van der Waals surface area (Å²) in [6, 6.07) is 6.32. The Bertz CT molecular complexity index is 371. The summed E-state index contributed by atoms with van der Waals surface area (Å²) in [4.78, 5) is 3.68. The summed E-state index contributed by atoms with van der Waals surface area (Å²) in [5.74, 6) is 0. The largest absolute Gasteiger partial charge is 0.456 e. The normalized spacial score (nSPS) is 12.6. The second kappa shape index (κ2) is 4.87. The molecule has 0 aliphatic carbocycles. The first kappa shape index (κ1) is 12.4. The van der Waals surface area contributed by atoms with Gasteiger partial charge < -0.3 is 10.5 Å². The van der Waals surface area contributed by atoms with Crippen LogP contribution in [0.5, 0.6) is 0 Å². The molecule has 0 saturated carbocycles. The van der Waals surface area contributed by atoms with Gasteiger partial charge in [0, 0.05) is 0 Å². The van der Waals surface area contributed by atoms with Crippen LogP contribution in [0.3, 0.4) is 0 Å². The van der Waals surface area contributed by atoms with Crippen LogP contribution >= 0.6 is 0 Å². The third-order valence-electron chi connectivity index (χ3n) is 1.66. The summed E-state index contributed by atoms with van der Waals surface area (Å²) >= 11 is 0. The van der Waals surface area contributed by atoms with Crippen molar-refractivity contribution in [3.05, 3.63) is 29.8 Å². The Morgan fingerprint density at radius 3 is 2.38 bits per heavy atom. The van der Waals surface area contributed by atoms with Gasteiger partial charge in [0.2, 0.25) is 0 Å². The van der Waals surface area contributed by atoms with Gasteiger partial charge in [0.25, 0.3) is 6.02 Å². The summed E-state index contributed by atoms with van der Waals surface area (Å²) in [6.45, 7) is 0.450. The van der Waals surface area contributed by atoms with Crippen molar-refractivity contribution in [2.24, 2.45) is 10.7 Å². The second-order valence-corrected chi connectivity index (χ2v) is 3.19. The van der Waals surface area contributed by atoms with Crippen LogP contribution in [0.15, 0.2) is 29.3 Å². The molecule has 2 N–H and O–H groups in total. The number of rotatable bonds is 2. The number of aryl methyl sites for hydroxylation is 1. The van der Waals surface area contributed by atoms with E-state index in [0.29, 0.717) is 5.69 Å². The van der Waals surface area contributed by atoms with Gasteiger partial charge in [-0.2, -0.15) is 18.2 Å². The van der Waals surface area contributed by atoms with Crippen LogP contribution in [0.4, 0.5) is 18.9 Å². The molecule has 0 heterocycles. The highest BCUT2D eigenvalue weighted by atomic mass is 19.4. The predicted molar refractivity (Wildman–Crippen MR) is 54.5 cm³/mol. The fourth-order valence-electron chi connectivity index (χ4n) is 0.935. The Balaban J connectivity index is 2.59. The number of alkyl halides is 3. The molecule has 0 spiro atoms. The zero-order valence-corrected chi connectivity index (χ0v) is 8.58. The number of aliphatic imine (C=N–C) groups is 1. The van der Waals surface area contributed by atoms with Crippen molar-refractivity contribution in [2.75, 3.05) is 6.61 Å². The summed E-state index contributed by atoms with van der Waals surface area (Å²) in [7, 11) is 0. The van der Waals surface area contributed by atoms with Gasteiger partial charge in [0.1, 0.15) is 0 Å². The first-order valence-corrected chi connectivity index (χ1v) is 4.47. The summed E-state index contributed by atoms with van der Waals surface area (Å²) in [5.41, 5.74) is 6.65. The fraction of sp³-hybridized carbons (Fsp3) is 0.300. The third-order valence-corrected chi connectivity index (χ3v) is 1.66. The van der Waals surface area contributed by atoms with E-state index >= 15 is 0 Å². The van der Waals surface area contributed by atoms with Crippen LogP contribution in [0.1, 0.15) is 5.56 Å². The van der Waals surface area contributed by atoms with E-state index in [1.165, 1.54) is 0 Å². The minimum Gasteiger partial charge on any atom is -0.456 e. The van der Waals surface area contributed by atoms with E-state index < -0.39 is 18.8 Å². The molecule has 1 aromatic carbocycles. The topological polar surface area (TPSA) is 47.6 Å². The lowest BCUT2D eigenvalue weighted by Crippen LogP contribution is -2.24. The molecule has 0 unspecified atom stereocenters. The predicted octanol–water partition coefficient (Wildman–Crippen LogP) is 2.52. The summed E-state index contributed by atoms with van der Waals surface area (Å²) in [6.07, 6.45) is -4.41. The Kier molecular flexibility index (Phi) is 3.76. The Morgan fingerprint density at radius 1 is 1.31 bits per heavy atom. The van der Waals surface area contributed by atoms with Gasteiger partial charge in [-0.05, 0) is 19.1 Å². The minimum absolute atomic E-state index is 0.449. The Morgan fingerprint density at radius 2 is 1.88 bits per heavy atom. The average Bonchev–Trinajstić information content (AvgIpc) is 2.18. The zero-order valence-electron chi connectivity index (χ0n) is 8.58. The van der Waals surface area contributed by atoms with Gasteiger partial charge in [-0.1, -0.05) is 17.7 Å². The Hall–Kier alpha value is -1.72. The van der Waals surface area contributed by atoms with Gasteiger partial charge in [-0.25, -0.2) is 0 Å². The molecule has 0 atom stereocenters. The van der Waals surface area contributed by atoms with Crippen LogP contribution in [0.25, 0.3) is 0 Å². The number of hydrogen-bond donors (Lipinski definition) is 1. The SMILES string of the molecule is Cc1ccc(N=C(N)OCC(F)(F)F)cc1. The van der Waals surface area contributed by atoms with Gasteiger partial charge in [0.15, 0.2) is 6.61 Å². The fourth-order valence-corrected chi connectivity index (χ4v) is 0.935. The van der Waals surface area contributed by atoms with E-state index in [1.54, 1.807) is 24.3 Å². The van der Waals surface area contributed by atoms with E-state index in [0.717, 1.165) is 5.56 Å². The second-order valence-electron chi connectivity index (χ2n) is 3.19. The highest BCUT2D eigenvalue weighted by Crippen LogP contribution is 2.15. The minimum atomic E-state index is -4.41. The van der Waals surface area contributed by atoms with Crippen LogP contribution in [-0.4, -0.2) is 18.8 Å². The first-order valence-electron chi connectivity index (χ1n) is 4.47. The molecule has 0 aliphatic rings. The van der Waals surface area contributed by atoms with E-state index in [2.05, 4.69) is 9.73 Å². The van der Waals surface area contributed by atoms with Gasteiger partial charge in [0.05, 0.1) is 5.69 Å². The van der Waals surface area contributed by atoms with Gasteiger partial charge in [-0.3, -0.25) is 0 Å². The number of nitrogens with zero attached hydrogens (tertiary/aromatic N) is 1. The molecule has 0 aromatic heterocycles. The van der Waals surface area contributed by atoms with E-state index in [9.17, 15) is 13.2 Å². The number of hydrogen-bond acceptors (Lipinski definition) is 2. The third kappa shape index (κ3) is 4.68. The van der Waals surface area contributed by atoms with Crippen LogP contribution in [-0.2, 0) is 4.74 Å². The Labute approximate surface area is 90.7 Å². The molecule has 0 saturated heterocycles. The number of ether oxygens (including phenoxy) is 1.